The molecule has 8 heteroatoms. The van der Waals surface area contributed by atoms with Crippen molar-refractivity contribution in [2.75, 3.05) is 0 Å². The number of para-hydroxylation sites is 1. The van der Waals surface area contributed by atoms with Gasteiger partial charge in [-0.05, 0) is 17.5 Å². The second-order valence-corrected chi connectivity index (χ2v) is 5.62. The molecule has 0 atom stereocenters. The third kappa shape index (κ3) is 2.59. The van der Waals surface area contributed by atoms with Gasteiger partial charge in [0.05, 0.1) is 10.4 Å². The maximum atomic E-state index is 12.1. The van der Waals surface area contributed by atoms with Crippen molar-refractivity contribution in [3.8, 4) is 10.8 Å². The number of benzene rings is 1. The van der Waals surface area contributed by atoms with Crippen LogP contribution in [0.3, 0.4) is 0 Å². The van der Waals surface area contributed by atoms with Gasteiger partial charge in [0.1, 0.15) is 0 Å². The fourth-order valence-corrected chi connectivity index (χ4v) is 2.77. The van der Waals surface area contributed by atoms with Gasteiger partial charge in [0.25, 0.3) is 11.8 Å². The van der Waals surface area contributed by atoms with E-state index in [0.29, 0.717) is 11.3 Å². The summed E-state index contributed by atoms with van der Waals surface area (Å²) in [4.78, 5) is 13.0. The van der Waals surface area contributed by atoms with Crippen molar-refractivity contribution in [1.29, 1.82) is 0 Å². The van der Waals surface area contributed by atoms with Crippen molar-refractivity contribution in [2.24, 2.45) is 0 Å². The van der Waals surface area contributed by atoms with Crippen LogP contribution in [-0.4, -0.2) is 26.4 Å². The zero-order valence-electron chi connectivity index (χ0n) is 11.7. The first-order valence-electron chi connectivity index (χ1n) is 6.78. The van der Waals surface area contributed by atoms with Gasteiger partial charge in [-0.15, -0.1) is 21.5 Å². The monoisotopic (exact) mass is 326 g/mol. The highest BCUT2D eigenvalue weighted by molar-refractivity contribution is 7.13. The van der Waals surface area contributed by atoms with E-state index in [4.69, 9.17) is 9.15 Å². The fourth-order valence-electron chi connectivity index (χ4n) is 2.13. The van der Waals surface area contributed by atoms with E-state index in [1.165, 1.54) is 11.3 Å². The topological polar surface area (TPSA) is 93.9 Å². The maximum absolute atomic E-state index is 12.1. The second-order valence-electron chi connectivity index (χ2n) is 4.67. The minimum Gasteiger partial charge on any atom is -0.451 e. The zero-order chi connectivity index (χ0) is 15.6. The Morgan fingerprint density at radius 1 is 1.22 bits per heavy atom. The Morgan fingerprint density at radius 2 is 2.13 bits per heavy atom. The lowest BCUT2D eigenvalue weighted by Crippen LogP contribution is -2.06. The van der Waals surface area contributed by atoms with Gasteiger partial charge in [0.15, 0.2) is 12.3 Å². The van der Waals surface area contributed by atoms with Gasteiger partial charge in [-0.1, -0.05) is 24.3 Å². The summed E-state index contributed by atoms with van der Waals surface area (Å²) in [6.45, 7) is -0.0988. The van der Waals surface area contributed by atoms with Crippen molar-refractivity contribution in [3.63, 3.8) is 0 Å². The summed E-state index contributed by atoms with van der Waals surface area (Å²) in [5, 5.41) is 17.2. The number of aromatic amines is 1. The first-order valence-corrected chi connectivity index (χ1v) is 7.66. The number of hydrogen-bond donors (Lipinski definition) is 1. The number of thiophene rings is 1. The summed E-state index contributed by atoms with van der Waals surface area (Å²) in [6.07, 6.45) is 0. The first kappa shape index (κ1) is 13.6. The molecule has 0 spiro atoms. The molecule has 0 fully saturated rings. The Morgan fingerprint density at radius 3 is 3.00 bits per heavy atom. The molecule has 23 heavy (non-hydrogen) atoms. The van der Waals surface area contributed by atoms with E-state index in [9.17, 15) is 4.79 Å². The lowest BCUT2D eigenvalue weighted by atomic mass is 10.2. The van der Waals surface area contributed by atoms with E-state index in [2.05, 4.69) is 20.4 Å². The normalized spacial score (nSPS) is 11.0. The molecule has 114 valence electrons. The molecule has 0 saturated carbocycles. The minimum absolute atomic E-state index is 0.0988. The number of fused-ring (bicyclic) bond motifs is 1. The number of aromatic nitrogens is 4. The summed E-state index contributed by atoms with van der Waals surface area (Å²) in [5.74, 6) is 0.108. The van der Waals surface area contributed by atoms with E-state index in [1.807, 2.05) is 35.7 Å². The van der Waals surface area contributed by atoms with Crippen LogP contribution in [0.5, 0.6) is 0 Å². The molecule has 0 unspecified atom stereocenters. The molecular formula is C15H10N4O3S. The fraction of sp³-hybridized carbons (Fsp3) is 0.0667. The van der Waals surface area contributed by atoms with Gasteiger partial charge in [0, 0.05) is 5.39 Å². The molecule has 0 radical (unpaired) electrons. The minimum atomic E-state index is -0.543. The maximum Gasteiger partial charge on any atom is 0.359 e. The number of hydrogen-bond acceptors (Lipinski definition) is 7. The predicted octanol–water partition coefficient (Wildman–Crippen LogP) is 3.03. The third-order valence-electron chi connectivity index (χ3n) is 3.19. The van der Waals surface area contributed by atoms with Crippen molar-refractivity contribution < 1.29 is 13.9 Å². The predicted molar refractivity (Wildman–Crippen MR) is 82.8 cm³/mol. The summed E-state index contributed by atoms with van der Waals surface area (Å²) in [5.41, 5.74) is 1.01. The number of carbonyl (C=O) groups excluding carboxylic acids is 1. The lowest BCUT2D eigenvalue weighted by Gasteiger charge is -1.99. The average Bonchev–Trinajstić information content (AvgIpc) is 3.31. The van der Waals surface area contributed by atoms with Crippen molar-refractivity contribution in [3.05, 3.63) is 53.4 Å². The van der Waals surface area contributed by atoms with Gasteiger partial charge in [-0.25, -0.2) is 4.79 Å². The molecule has 1 aromatic carbocycles. The number of esters is 1. The number of rotatable bonds is 4. The van der Waals surface area contributed by atoms with Crippen LogP contribution in [0.25, 0.3) is 21.7 Å². The number of ether oxygens (including phenoxy) is 1. The van der Waals surface area contributed by atoms with Crippen LogP contribution in [0.1, 0.15) is 16.4 Å². The smallest absolute Gasteiger partial charge is 0.359 e. The van der Waals surface area contributed by atoms with Crippen LogP contribution in [0.4, 0.5) is 0 Å². The summed E-state index contributed by atoms with van der Waals surface area (Å²) < 4.78 is 10.7. The molecule has 7 nitrogen and oxygen atoms in total. The standard InChI is InChI=1S/C15H10N4O3S/c20-15(13-9-4-1-2-5-10(9)16-18-13)21-8-12-17-19-14(22-12)11-6-3-7-23-11/h1-7H,8H2,(H,16,18). The van der Waals surface area contributed by atoms with Crippen molar-refractivity contribution in [1.82, 2.24) is 20.4 Å². The van der Waals surface area contributed by atoms with Gasteiger partial charge in [-0.3, -0.25) is 5.10 Å². The van der Waals surface area contributed by atoms with E-state index >= 15 is 0 Å². The molecule has 4 rings (SSSR count). The molecule has 4 aromatic rings. The van der Waals surface area contributed by atoms with E-state index < -0.39 is 5.97 Å². The van der Waals surface area contributed by atoms with Crippen LogP contribution >= 0.6 is 11.3 Å². The molecule has 3 heterocycles. The molecule has 0 aliphatic carbocycles. The molecule has 1 N–H and O–H groups in total. The number of carbonyl (C=O) groups is 1. The molecular weight excluding hydrogens is 316 g/mol. The van der Waals surface area contributed by atoms with Gasteiger partial charge >= 0.3 is 5.97 Å². The van der Waals surface area contributed by atoms with Crippen LogP contribution in [0, 0.1) is 0 Å². The largest absolute Gasteiger partial charge is 0.451 e. The first-order chi connectivity index (χ1) is 11.3. The second kappa shape index (κ2) is 5.65. The molecule has 3 aromatic heterocycles. The Kier molecular flexibility index (Phi) is 3.35. The number of nitrogens with one attached hydrogen (secondary N) is 1. The highest BCUT2D eigenvalue weighted by Crippen LogP contribution is 2.23. The molecule has 0 bridgehead atoms. The number of nitrogens with zero attached hydrogens (tertiary/aromatic N) is 3. The van der Waals surface area contributed by atoms with Crippen LogP contribution in [0.2, 0.25) is 0 Å². The molecule has 0 aliphatic rings. The quantitative estimate of drug-likeness (QED) is 0.579. The lowest BCUT2D eigenvalue weighted by molar-refractivity contribution is 0.0434. The van der Waals surface area contributed by atoms with Gasteiger partial charge < -0.3 is 9.15 Å². The highest BCUT2D eigenvalue weighted by atomic mass is 32.1. The number of H-pyrrole nitrogens is 1. The van der Waals surface area contributed by atoms with Crippen molar-refractivity contribution in [2.45, 2.75) is 6.61 Å². The molecule has 0 aliphatic heterocycles. The van der Waals surface area contributed by atoms with E-state index in [1.54, 1.807) is 6.07 Å². The molecule has 0 saturated heterocycles. The molecule has 0 amide bonds. The summed E-state index contributed by atoms with van der Waals surface area (Å²) >= 11 is 1.50. The Hall–Kier alpha value is -3.00. The Labute approximate surface area is 133 Å². The van der Waals surface area contributed by atoms with Crippen LogP contribution in [-0.2, 0) is 11.3 Å². The zero-order valence-corrected chi connectivity index (χ0v) is 12.5. The third-order valence-corrected chi connectivity index (χ3v) is 4.05. The van der Waals surface area contributed by atoms with Gasteiger partial charge in [0.2, 0.25) is 0 Å². The average molecular weight is 326 g/mol. The summed E-state index contributed by atoms with van der Waals surface area (Å²) in [7, 11) is 0. The Balaban J connectivity index is 1.48. The van der Waals surface area contributed by atoms with Crippen LogP contribution in [0.15, 0.2) is 46.2 Å². The van der Waals surface area contributed by atoms with E-state index in [0.717, 1.165) is 10.4 Å². The SMILES string of the molecule is O=C(OCc1nnc(-c2cccs2)o1)c1n[nH]c2ccccc12. The summed E-state index contributed by atoms with van der Waals surface area (Å²) in [6, 6.07) is 11.1. The van der Waals surface area contributed by atoms with Crippen LogP contribution < -0.4 is 0 Å². The van der Waals surface area contributed by atoms with Crippen molar-refractivity contribution >= 4 is 28.2 Å². The highest BCUT2D eigenvalue weighted by Gasteiger charge is 2.17. The van der Waals surface area contributed by atoms with E-state index in [-0.39, 0.29) is 18.2 Å². The van der Waals surface area contributed by atoms with Gasteiger partial charge in [-0.2, -0.15) is 5.10 Å². The Bertz CT molecular complexity index is 958.